The van der Waals surface area contributed by atoms with Gasteiger partial charge in [-0.1, -0.05) is 60.7 Å². The average Bonchev–Trinajstić information content (AvgIpc) is 3.08. The van der Waals surface area contributed by atoms with Crippen LogP contribution in [0.2, 0.25) is 0 Å². The minimum absolute atomic E-state index is 0.0309. The Morgan fingerprint density at radius 3 is 2.11 bits per heavy atom. The zero-order valence-corrected chi connectivity index (χ0v) is 15.6. The van der Waals surface area contributed by atoms with E-state index >= 15 is 0 Å². The monoisotopic (exact) mass is 366 g/mol. The van der Waals surface area contributed by atoms with E-state index in [2.05, 4.69) is 10.2 Å². The topological polar surface area (TPSA) is 69.6 Å². The summed E-state index contributed by atoms with van der Waals surface area (Å²) in [4.78, 5) is 26.0. The van der Waals surface area contributed by atoms with Crippen molar-refractivity contribution in [3.05, 3.63) is 71.8 Å². The zero-order chi connectivity index (χ0) is 19.3. The first-order valence-corrected chi connectivity index (χ1v) is 9.33. The van der Waals surface area contributed by atoms with Crippen molar-refractivity contribution >= 4 is 11.9 Å². The summed E-state index contributed by atoms with van der Waals surface area (Å²) < 4.78 is 0. The molecule has 1 amide bonds. The standard InChI is InChI=1S/C22H26N2O3/c1-22(21(26)27)13-15-24(16-22)14-12-19(25)23-20(17-8-4-2-5-9-17)18-10-6-3-7-11-18/h2-11,20H,12-16H2,1H3,(H,23,25)(H,26,27). The molecule has 0 spiro atoms. The van der Waals surface area contributed by atoms with Crippen molar-refractivity contribution in [2.45, 2.75) is 25.8 Å². The molecule has 0 saturated carbocycles. The van der Waals surface area contributed by atoms with E-state index in [9.17, 15) is 14.7 Å². The third-order valence-corrected chi connectivity index (χ3v) is 5.29. The van der Waals surface area contributed by atoms with Crippen LogP contribution in [0.3, 0.4) is 0 Å². The number of hydrogen-bond donors (Lipinski definition) is 2. The number of rotatable bonds is 7. The number of likely N-dealkylation sites (tertiary alicyclic amines) is 1. The van der Waals surface area contributed by atoms with Gasteiger partial charge in [0.25, 0.3) is 0 Å². The minimum Gasteiger partial charge on any atom is -0.481 e. The lowest BCUT2D eigenvalue weighted by molar-refractivity contribution is -0.147. The molecule has 5 nitrogen and oxygen atoms in total. The smallest absolute Gasteiger partial charge is 0.310 e. The molecule has 2 aromatic rings. The number of carbonyl (C=O) groups is 2. The van der Waals surface area contributed by atoms with E-state index in [1.165, 1.54) is 0 Å². The first kappa shape index (κ1) is 19.1. The van der Waals surface area contributed by atoms with Crippen LogP contribution in [-0.4, -0.2) is 41.5 Å². The van der Waals surface area contributed by atoms with Gasteiger partial charge in [0, 0.05) is 19.5 Å². The second-order valence-corrected chi connectivity index (χ2v) is 7.46. The first-order valence-electron chi connectivity index (χ1n) is 9.33. The molecule has 0 radical (unpaired) electrons. The molecule has 1 heterocycles. The largest absolute Gasteiger partial charge is 0.481 e. The third kappa shape index (κ3) is 4.74. The molecular formula is C22H26N2O3. The van der Waals surface area contributed by atoms with E-state index in [1.807, 2.05) is 60.7 Å². The highest BCUT2D eigenvalue weighted by Crippen LogP contribution is 2.30. The summed E-state index contributed by atoms with van der Waals surface area (Å²) in [6.45, 7) is 3.56. The molecular weight excluding hydrogens is 340 g/mol. The van der Waals surface area contributed by atoms with E-state index in [0.29, 0.717) is 25.9 Å². The van der Waals surface area contributed by atoms with Gasteiger partial charge >= 0.3 is 5.97 Å². The minimum atomic E-state index is -0.761. The number of benzene rings is 2. The van der Waals surface area contributed by atoms with Crippen molar-refractivity contribution in [1.29, 1.82) is 0 Å². The number of carbonyl (C=O) groups excluding carboxylic acids is 1. The van der Waals surface area contributed by atoms with Crippen molar-refractivity contribution in [3.8, 4) is 0 Å². The number of carboxylic acid groups (broad SMARTS) is 1. The maximum Gasteiger partial charge on any atom is 0.310 e. The normalized spacial score (nSPS) is 19.9. The fraction of sp³-hybridized carbons (Fsp3) is 0.364. The molecule has 0 bridgehead atoms. The molecule has 27 heavy (non-hydrogen) atoms. The Hall–Kier alpha value is -2.66. The van der Waals surface area contributed by atoms with E-state index in [-0.39, 0.29) is 11.9 Å². The van der Waals surface area contributed by atoms with Crippen LogP contribution < -0.4 is 5.32 Å². The van der Waals surface area contributed by atoms with Gasteiger partial charge in [0.05, 0.1) is 11.5 Å². The fourth-order valence-electron chi connectivity index (χ4n) is 3.56. The lowest BCUT2D eigenvalue weighted by Crippen LogP contribution is -2.35. The SMILES string of the molecule is CC1(C(=O)O)CCN(CCC(=O)NC(c2ccccc2)c2ccccc2)C1. The van der Waals surface area contributed by atoms with Crippen LogP contribution in [-0.2, 0) is 9.59 Å². The van der Waals surface area contributed by atoms with Crippen molar-refractivity contribution in [2.75, 3.05) is 19.6 Å². The lowest BCUT2D eigenvalue weighted by atomic mass is 9.90. The second-order valence-electron chi connectivity index (χ2n) is 7.46. The zero-order valence-electron chi connectivity index (χ0n) is 15.6. The van der Waals surface area contributed by atoms with Gasteiger partial charge in [-0.15, -0.1) is 0 Å². The van der Waals surface area contributed by atoms with Gasteiger partial charge in [-0.2, -0.15) is 0 Å². The van der Waals surface area contributed by atoms with Gasteiger partial charge in [-0.05, 0) is 31.0 Å². The maximum absolute atomic E-state index is 12.6. The van der Waals surface area contributed by atoms with E-state index in [4.69, 9.17) is 0 Å². The number of aliphatic carboxylic acids is 1. The molecule has 1 aliphatic rings. The van der Waals surface area contributed by atoms with Gasteiger partial charge in [-0.3, -0.25) is 9.59 Å². The fourth-order valence-corrected chi connectivity index (χ4v) is 3.56. The lowest BCUT2D eigenvalue weighted by Gasteiger charge is -2.22. The number of hydrogen-bond acceptors (Lipinski definition) is 3. The average molecular weight is 366 g/mol. The number of nitrogens with one attached hydrogen (secondary N) is 1. The van der Waals surface area contributed by atoms with Crippen LogP contribution >= 0.6 is 0 Å². The molecule has 1 fully saturated rings. The number of amides is 1. The highest BCUT2D eigenvalue weighted by atomic mass is 16.4. The van der Waals surface area contributed by atoms with Gasteiger partial charge in [-0.25, -0.2) is 0 Å². The van der Waals surface area contributed by atoms with E-state index in [0.717, 1.165) is 17.7 Å². The first-order chi connectivity index (χ1) is 13.0. The molecule has 1 atom stereocenters. The molecule has 142 valence electrons. The highest BCUT2D eigenvalue weighted by molar-refractivity contribution is 5.77. The summed E-state index contributed by atoms with van der Waals surface area (Å²) in [7, 11) is 0. The summed E-state index contributed by atoms with van der Waals surface area (Å²) in [5.41, 5.74) is 1.38. The molecule has 1 aliphatic heterocycles. The van der Waals surface area contributed by atoms with Gasteiger partial charge < -0.3 is 15.3 Å². The summed E-state index contributed by atoms with van der Waals surface area (Å²) in [5.74, 6) is -0.792. The van der Waals surface area contributed by atoms with Crippen molar-refractivity contribution < 1.29 is 14.7 Å². The number of nitrogens with zero attached hydrogens (tertiary/aromatic N) is 1. The van der Waals surface area contributed by atoms with Crippen LogP contribution in [0.4, 0.5) is 0 Å². The van der Waals surface area contributed by atoms with E-state index in [1.54, 1.807) is 6.92 Å². The Labute approximate surface area is 160 Å². The Morgan fingerprint density at radius 2 is 1.63 bits per heavy atom. The Balaban J connectivity index is 1.61. The van der Waals surface area contributed by atoms with Crippen LogP contribution in [0.5, 0.6) is 0 Å². The number of carboxylic acids is 1. The summed E-state index contributed by atoms with van der Waals surface area (Å²) in [5, 5.41) is 12.5. The molecule has 5 heteroatoms. The highest BCUT2D eigenvalue weighted by Gasteiger charge is 2.40. The van der Waals surface area contributed by atoms with Crippen molar-refractivity contribution in [1.82, 2.24) is 10.2 Å². The van der Waals surface area contributed by atoms with Crippen LogP contribution in [0.1, 0.15) is 36.9 Å². The van der Waals surface area contributed by atoms with Crippen molar-refractivity contribution in [3.63, 3.8) is 0 Å². The Kier molecular flexibility index (Phi) is 5.91. The molecule has 1 unspecified atom stereocenters. The molecule has 1 saturated heterocycles. The summed E-state index contributed by atoms with van der Waals surface area (Å²) in [6, 6.07) is 19.6. The van der Waals surface area contributed by atoms with E-state index < -0.39 is 11.4 Å². The van der Waals surface area contributed by atoms with Crippen LogP contribution in [0, 0.1) is 5.41 Å². The predicted molar refractivity (Wildman–Crippen MR) is 104 cm³/mol. The maximum atomic E-state index is 12.6. The quantitative estimate of drug-likeness (QED) is 0.790. The molecule has 0 aromatic heterocycles. The van der Waals surface area contributed by atoms with Gasteiger partial charge in [0.15, 0.2) is 0 Å². The van der Waals surface area contributed by atoms with Crippen molar-refractivity contribution in [2.24, 2.45) is 5.41 Å². The van der Waals surface area contributed by atoms with Crippen LogP contribution in [0.25, 0.3) is 0 Å². The molecule has 2 aromatic carbocycles. The van der Waals surface area contributed by atoms with Gasteiger partial charge in [0.1, 0.15) is 0 Å². The molecule has 0 aliphatic carbocycles. The molecule has 3 rings (SSSR count). The Bertz CT molecular complexity index is 739. The van der Waals surface area contributed by atoms with Crippen LogP contribution in [0.15, 0.2) is 60.7 Å². The summed E-state index contributed by atoms with van der Waals surface area (Å²) >= 11 is 0. The second kappa shape index (κ2) is 8.35. The Morgan fingerprint density at radius 1 is 1.07 bits per heavy atom. The molecule has 2 N–H and O–H groups in total. The third-order valence-electron chi connectivity index (χ3n) is 5.29. The van der Waals surface area contributed by atoms with Gasteiger partial charge in [0.2, 0.25) is 5.91 Å². The summed E-state index contributed by atoms with van der Waals surface area (Å²) in [6.07, 6.45) is 0.979. The predicted octanol–water partition coefficient (Wildman–Crippen LogP) is 3.08.